The van der Waals surface area contributed by atoms with Gasteiger partial charge in [-0.3, -0.25) is 0 Å². The van der Waals surface area contributed by atoms with E-state index >= 15 is 0 Å². The molecule has 5 nitrogen and oxygen atoms in total. The van der Waals surface area contributed by atoms with Gasteiger partial charge in [-0.25, -0.2) is 0 Å². The molecule has 0 radical (unpaired) electrons. The Labute approximate surface area is 200 Å². The number of hydrogen-bond acceptors (Lipinski definition) is 5. The molecule has 6 heteroatoms. The Balaban J connectivity index is 1.43. The highest BCUT2D eigenvalue weighted by Gasteiger charge is 2.30. The second-order valence-corrected chi connectivity index (χ2v) is 8.77. The minimum Gasteiger partial charge on any atom is -0.494 e. The van der Waals surface area contributed by atoms with Crippen LogP contribution in [0.3, 0.4) is 0 Å². The minimum atomic E-state index is -0.455. The lowest BCUT2D eigenvalue weighted by Gasteiger charge is -2.33. The van der Waals surface area contributed by atoms with Crippen LogP contribution in [0.15, 0.2) is 66.7 Å². The lowest BCUT2D eigenvalue weighted by atomic mass is 9.94. The molecule has 1 saturated heterocycles. The van der Waals surface area contributed by atoms with Crippen molar-refractivity contribution in [3.05, 3.63) is 88.4 Å². The average molecular weight is 468 g/mol. The van der Waals surface area contributed by atoms with Crippen molar-refractivity contribution >= 4 is 17.3 Å². The van der Waals surface area contributed by atoms with Crippen LogP contribution in [0.1, 0.15) is 42.6 Å². The Hall–Kier alpha value is -2.73. The van der Waals surface area contributed by atoms with E-state index < -0.39 is 6.10 Å². The van der Waals surface area contributed by atoms with Gasteiger partial charge >= 0.3 is 0 Å². The summed E-state index contributed by atoms with van der Waals surface area (Å²) in [5, 5.41) is 11.2. The van der Waals surface area contributed by atoms with Gasteiger partial charge in [0.1, 0.15) is 18.1 Å². The molecule has 3 unspecified atom stereocenters. The standard InChI is InChI=1S/C27H30ClNO4/c1-2-31-23-9-6-18(7-10-23)12-20-13-19(8-11-26(20)28)27-16-22(30)15-25(33-27)17-32-24-5-3-4-21(29)14-24/h3-11,13-14,22,25,27,30H,2,12,15-17,29H2,1H3. The lowest BCUT2D eigenvalue weighted by Crippen LogP contribution is -2.35. The number of nitrogen functional groups attached to an aromatic ring is 1. The van der Waals surface area contributed by atoms with Gasteiger partial charge in [0.05, 0.1) is 24.9 Å². The highest BCUT2D eigenvalue weighted by Crippen LogP contribution is 2.34. The third-order valence-electron chi connectivity index (χ3n) is 5.74. The molecule has 0 aromatic heterocycles. The second kappa shape index (κ2) is 10.9. The van der Waals surface area contributed by atoms with Crippen LogP contribution < -0.4 is 15.2 Å². The second-order valence-electron chi connectivity index (χ2n) is 8.36. The maximum Gasteiger partial charge on any atom is 0.121 e. The van der Waals surface area contributed by atoms with Crippen LogP contribution >= 0.6 is 11.6 Å². The van der Waals surface area contributed by atoms with Crippen LogP contribution in [-0.2, 0) is 11.2 Å². The first-order valence-electron chi connectivity index (χ1n) is 11.3. The van der Waals surface area contributed by atoms with Crippen LogP contribution in [0.25, 0.3) is 0 Å². The van der Waals surface area contributed by atoms with Gasteiger partial charge in [-0.1, -0.05) is 41.9 Å². The van der Waals surface area contributed by atoms with Gasteiger partial charge in [0, 0.05) is 29.6 Å². The van der Waals surface area contributed by atoms with Crippen molar-refractivity contribution in [2.45, 2.75) is 44.5 Å². The van der Waals surface area contributed by atoms with Gasteiger partial charge in [0.2, 0.25) is 0 Å². The van der Waals surface area contributed by atoms with Gasteiger partial charge < -0.3 is 25.1 Å². The molecule has 0 aliphatic carbocycles. The van der Waals surface area contributed by atoms with Crippen molar-refractivity contribution < 1.29 is 19.3 Å². The Morgan fingerprint density at radius 3 is 2.58 bits per heavy atom. The first-order chi connectivity index (χ1) is 16.0. The lowest BCUT2D eigenvalue weighted by molar-refractivity contribution is -0.110. The van der Waals surface area contributed by atoms with E-state index in [1.165, 1.54) is 0 Å². The summed E-state index contributed by atoms with van der Waals surface area (Å²) in [6, 6.07) is 21.3. The van der Waals surface area contributed by atoms with E-state index in [-0.39, 0.29) is 12.2 Å². The molecular weight excluding hydrogens is 438 g/mol. The van der Waals surface area contributed by atoms with E-state index in [1.54, 1.807) is 6.07 Å². The number of halogens is 1. The Morgan fingerprint density at radius 1 is 1.00 bits per heavy atom. The van der Waals surface area contributed by atoms with Crippen LogP contribution in [0.4, 0.5) is 5.69 Å². The minimum absolute atomic E-state index is 0.217. The fourth-order valence-electron chi connectivity index (χ4n) is 4.13. The molecule has 0 saturated carbocycles. The molecule has 4 rings (SSSR count). The van der Waals surface area contributed by atoms with Crippen molar-refractivity contribution in [2.24, 2.45) is 0 Å². The first-order valence-corrected chi connectivity index (χ1v) is 11.7. The third-order valence-corrected chi connectivity index (χ3v) is 6.11. The van der Waals surface area contributed by atoms with E-state index in [0.717, 1.165) is 22.4 Å². The van der Waals surface area contributed by atoms with Crippen LogP contribution in [-0.4, -0.2) is 30.5 Å². The zero-order chi connectivity index (χ0) is 23.2. The summed E-state index contributed by atoms with van der Waals surface area (Å²) in [7, 11) is 0. The molecule has 3 atom stereocenters. The molecule has 3 aromatic carbocycles. The van der Waals surface area contributed by atoms with Crippen molar-refractivity contribution in [1.29, 1.82) is 0 Å². The first kappa shape index (κ1) is 23.4. The molecule has 3 aromatic rings. The Bertz CT molecular complexity index is 1060. The summed E-state index contributed by atoms with van der Waals surface area (Å²) in [4.78, 5) is 0. The topological polar surface area (TPSA) is 73.9 Å². The number of hydrogen-bond donors (Lipinski definition) is 2. The monoisotopic (exact) mass is 467 g/mol. The van der Waals surface area contributed by atoms with E-state index in [2.05, 4.69) is 18.2 Å². The van der Waals surface area contributed by atoms with E-state index in [9.17, 15) is 5.11 Å². The highest BCUT2D eigenvalue weighted by molar-refractivity contribution is 6.31. The summed E-state index contributed by atoms with van der Waals surface area (Å²) >= 11 is 6.51. The van der Waals surface area contributed by atoms with Crippen LogP contribution in [0, 0.1) is 0 Å². The predicted octanol–water partition coefficient (Wildman–Crippen LogP) is 5.57. The third kappa shape index (κ3) is 6.41. The molecule has 0 amide bonds. The average Bonchev–Trinajstić information content (AvgIpc) is 2.80. The number of aliphatic hydroxyl groups is 1. The molecule has 1 aliphatic rings. The maximum atomic E-state index is 10.5. The number of nitrogens with two attached hydrogens (primary N) is 1. The summed E-state index contributed by atoms with van der Waals surface area (Å²) in [6.07, 6.45) is 0.883. The molecule has 174 valence electrons. The van der Waals surface area contributed by atoms with Crippen molar-refractivity contribution in [3.8, 4) is 11.5 Å². The quantitative estimate of drug-likeness (QED) is 0.423. The molecule has 1 fully saturated rings. The molecule has 0 spiro atoms. The van der Waals surface area contributed by atoms with Crippen molar-refractivity contribution in [3.63, 3.8) is 0 Å². The maximum absolute atomic E-state index is 10.5. The largest absolute Gasteiger partial charge is 0.494 e. The van der Waals surface area contributed by atoms with Crippen LogP contribution in [0.2, 0.25) is 5.02 Å². The zero-order valence-electron chi connectivity index (χ0n) is 18.7. The number of rotatable bonds is 8. The smallest absolute Gasteiger partial charge is 0.121 e. The molecule has 1 aliphatic heterocycles. The Kier molecular flexibility index (Phi) is 7.76. The van der Waals surface area contributed by atoms with Crippen molar-refractivity contribution in [2.75, 3.05) is 18.9 Å². The van der Waals surface area contributed by atoms with E-state index in [4.69, 9.17) is 31.5 Å². The number of anilines is 1. The summed E-state index contributed by atoms with van der Waals surface area (Å²) in [5.74, 6) is 1.55. The summed E-state index contributed by atoms with van der Waals surface area (Å²) in [6.45, 7) is 2.97. The predicted molar refractivity (Wildman–Crippen MR) is 131 cm³/mol. The Morgan fingerprint density at radius 2 is 1.82 bits per heavy atom. The van der Waals surface area contributed by atoms with Gasteiger partial charge in [-0.15, -0.1) is 0 Å². The van der Waals surface area contributed by atoms with Gasteiger partial charge in [0.15, 0.2) is 0 Å². The summed E-state index contributed by atoms with van der Waals surface area (Å²) in [5.41, 5.74) is 9.65. The SMILES string of the molecule is CCOc1ccc(Cc2cc(C3CC(O)CC(COc4cccc(N)c4)O3)ccc2Cl)cc1. The van der Waals surface area contributed by atoms with E-state index in [1.807, 2.05) is 49.4 Å². The summed E-state index contributed by atoms with van der Waals surface area (Å²) < 4.78 is 17.7. The number of ether oxygens (including phenoxy) is 3. The van der Waals surface area contributed by atoms with Crippen molar-refractivity contribution in [1.82, 2.24) is 0 Å². The van der Waals surface area contributed by atoms with E-state index in [0.29, 0.717) is 48.9 Å². The zero-order valence-corrected chi connectivity index (χ0v) is 19.5. The fourth-order valence-corrected chi connectivity index (χ4v) is 4.31. The molecule has 33 heavy (non-hydrogen) atoms. The number of benzene rings is 3. The highest BCUT2D eigenvalue weighted by atomic mass is 35.5. The fraction of sp³-hybridized carbons (Fsp3) is 0.333. The van der Waals surface area contributed by atoms with Gasteiger partial charge in [0.25, 0.3) is 0 Å². The van der Waals surface area contributed by atoms with Gasteiger partial charge in [-0.2, -0.15) is 0 Å². The number of aliphatic hydroxyl groups excluding tert-OH is 1. The molecule has 0 bridgehead atoms. The molecule has 3 N–H and O–H groups in total. The van der Waals surface area contributed by atoms with Gasteiger partial charge in [-0.05, 0) is 60.4 Å². The van der Waals surface area contributed by atoms with Crippen LogP contribution in [0.5, 0.6) is 11.5 Å². The molecule has 1 heterocycles. The molecular formula is C27H30ClNO4. The normalized spacial score (nSPS) is 20.4.